The minimum absolute atomic E-state index is 0.000513. The largest absolute Gasteiger partial charge is 0.454 e. The van der Waals surface area contributed by atoms with Crippen molar-refractivity contribution in [3.05, 3.63) is 87.7 Å². The van der Waals surface area contributed by atoms with Crippen LogP contribution in [0.1, 0.15) is 16.7 Å². The Morgan fingerprint density at radius 3 is 2.58 bits per heavy atom. The van der Waals surface area contributed by atoms with E-state index in [9.17, 15) is 18.0 Å². The fourth-order valence-electron chi connectivity index (χ4n) is 3.57. The van der Waals surface area contributed by atoms with Gasteiger partial charge >= 0.3 is 6.18 Å². The molecule has 1 aromatic heterocycles. The molecule has 2 heterocycles. The molecular weight excluding hydrogens is 435 g/mol. The predicted octanol–water partition coefficient (Wildman–Crippen LogP) is 5.00. The maximum absolute atomic E-state index is 13.3. The third-order valence-corrected chi connectivity index (χ3v) is 5.28. The molecule has 5 rings (SSSR count). The van der Waals surface area contributed by atoms with Crippen LogP contribution in [0.4, 0.5) is 13.2 Å². The smallest absolute Gasteiger partial charge is 0.416 e. The van der Waals surface area contributed by atoms with Gasteiger partial charge in [0, 0.05) is 11.1 Å². The molecule has 166 valence electrons. The van der Waals surface area contributed by atoms with Crippen LogP contribution >= 0.6 is 0 Å². The summed E-state index contributed by atoms with van der Waals surface area (Å²) in [7, 11) is 0. The van der Waals surface area contributed by atoms with Gasteiger partial charge < -0.3 is 9.47 Å². The van der Waals surface area contributed by atoms with Crippen molar-refractivity contribution >= 4 is 17.1 Å². The molecule has 0 fully saturated rings. The first kappa shape index (κ1) is 20.7. The molecule has 0 radical (unpaired) electrons. The summed E-state index contributed by atoms with van der Waals surface area (Å²) in [6.07, 6.45) is -3.09. The Balaban J connectivity index is 1.70. The van der Waals surface area contributed by atoms with Crippen LogP contribution in [0.5, 0.6) is 11.5 Å². The highest BCUT2D eigenvalue weighted by molar-refractivity contribution is 5.84. The lowest BCUT2D eigenvalue weighted by molar-refractivity contribution is -0.137. The lowest BCUT2D eigenvalue weighted by Crippen LogP contribution is -2.20. The number of benzene rings is 3. The zero-order valence-electron chi connectivity index (χ0n) is 17.3. The van der Waals surface area contributed by atoms with Crippen molar-refractivity contribution in [1.82, 2.24) is 9.66 Å². The summed E-state index contributed by atoms with van der Waals surface area (Å²) in [5, 5.41) is 4.62. The maximum atomic E-state index is 13.3. The van der Waals surface area contributed by atoms with Crippen LogP contribution in [0.3, 0.4) is 0 Å². The lowest BCUT2D eigenvalue weighted by atomic mass is 10.1. The van der Waals surface area contributed by atoms with Gasteiger partial charge in [-0.15, -0.1) is 0 Å². The van der Waals surface area contributed by atoms with E-state index in [0.29, 0.717) is 28.0 Å². The first-order valence-electron chi connectivity index (χ1n) is 9.95. The molecule has 9 heteroatoms. The standard InChI is InChI=1S/C24H16F3N3O3/c1-14-9-20-21(33-13-32-20)11-16(14)12-28-30-22(15-5-4-6-17(10-15)24(25,26)27)29-19-8-3-2-7-18(19)23(30)31/h2-12H,13H2,1H3. The van der Waals surface area contributed by atoms with Crippen LogP contribution < -0.4 is 15.0 Å². The number of ether oxygens (including phenoxy) is 2. The number of rotatable bonds is 3. The van der Waals surface area contributed by atoms with Crippen LogP contribution in [-0.4, -0.2) is 22.7 Å². The summed E-state index contributed by atoms with van der Waals surface area (Å²) in [6.45, 7) is 1.96. The quantitative estimate of drug-likeness (QED) is 0.411. The van der Waals surface area contributed by atoms with Crippen molar-refractivity contribution in [3.8, 4) is 22.9 Å². The molecular formula is C24H16F3N3O3. The topological polar surface area (TPSA) is 65.7 Å². The number of hydrogen-bond acceptors (Lipinski definition) is 5. The normalized spacial score (nSPS) is 13.2. The molecule has 1 aliphatic heterocycles. The molecule has 0 saturated heterocycles. The van der Waals surface area contributed by atoms with E-state index in [1.54, 1.807) is 36.4 Å². The number of halogens is 3. The first-order valence-corrected chi connectivity index (χ1v) is 9.95. The highest BCUT2D eigenvalue weighted by Crippen LogP contribution is 2.34. The molecule has 0 bridgehead atoms. The van der Waals surface area contributed by atoms with Crippen molar-refractivity contribution in [3.63, 3.8) is 0 Å². The van der Waals surface area contributed by atoms with Gasteiger partial charge in [-0.3, -0.25) is 4.79 Å². The number of aryl methyl sites for hydroxylation is 1. The van der Waals surface area contributed by atoms with Crippen LogP contribution in [0.15, 0.2) is 70.6 Å². The zero-order valence-corrected chi connectivity index (χ0v) is 17.3. The van der Waals surface area contributed by atoms with Gasteiger partial charge in [0.2, 0.25) is 6.79 Å². The van der Waals surface area contributed by atoms with E-state index in [4.69, 9.17) is 9.47 Å². The summed E-state index contributed by atoms with van der Waals surface area (Å²) in [5.41, 5.74) is 0.625. The number of para-hydroxylation sites is 1. The molecule has 0 spiro atoms. The minimum atomic E-state index is -4.54. The average molecular weight is 451 g/mol. The van der Waals surface area contributed by atoms with Gasteiger partial charge in [0.05, 0.1) is 22.7 Å². The zero-order chi connectivity index (χ0) is 23.2. The van der Waals surface area contributed by atoms with Crippen molar-refractivity contribution in [2.75, 3.05) is 6.79 Å². The maximum Gasteiger partial charge on any atom is 0.416 e. The lowest BCUT2D eigenvalue weighted by Gasteiger charge is -2.12. The van der Waals surface area contributed by atoms with E-state index in [1.807, 2.05) is 6.92 Å². The number of alkyl halides is 3. The Kier molecular flexibility index (Phi) is 4.88. The van der Waals surface area contributed by atoms with Gasteiger partial charge in [0.1, 0.15) is 0 Å². The third-order valence-electron chi connectivity index (χ3n) is 5.28. The van der Waals surface area contributed by atoms with Gasteiger partial charge in [0.25, 0.3) is 5.56 Å². The van der Waals surface area contributed by atoms with Gasteiger partial charge in [-0.05, 0) is 48.9 Å². The molecule has 6 nitrogen and oxygen atoms in total. The number of fused-ring (bicyclic) bond motifs is 2. The summed E-state index contributed by atoms with van der Waals surface area (Å²) in [5.74, 6) is 1.16. The third kappa shape index (κ3) is 3.82. The second-order valence-corrected chi connectivity index (χ2v) is 7.45. The summed E-state index contributed by atoms with van der Waals surface area (Å²) in [6, 6.07) is 14.8. The Morgan fingerprint density at radius 1 is 1.03 bits per heavy atom. The Morgan fingerprint density at radius 2 is 1.79 bits per heavy atom. The Hall–Kier alpha value is -4.14. The molecule has 0 unspecified atom stereocenters. The van der Waals surface area contributed by atoms with E-state index in [-0.39, 0.29) is 18.2 Å². The van der Waals surface area contributed by atoms with Crippen molar-refractivity contribution in [1.29, 1.82) is 0 Å². The van der Waals surface area contributed by atoms with Gasteiger partial charge in [0.15, 0.2) is 17.3 Å². The molecule has 4 aromatic rings. The molecule has 1 aliphatic rings. The number of hydrogen-bond donors (Lipinski definition) is 0. The van der Waals surface area contributed by atoms with Crippen LogP contribution in [-0.2, 0) is 6.18 Å². The van der Waals surface area contributed by atoms with Crippen molar-refractivity contribution in [2.24, 2.45) is 5.10 Å². The fourth-order valence-corrected chi connectivity index (χ4v) is 3.57. The first-order chi connectivity index (χ1) is 15.8. The molecule has 0 aliphatic carbocycles. The Bertz CT molecular complexity index is 1480. The van der Waals surface area contributed by atoms with Gasteiger partial charge in [-0.25, -0.2) is 4.98 Å². The SMILES string of the molecule is Cc1cc2c(cc1C=Nn1c(-c3cccc(C(F)(F)F)c3)nc3ccccc3c1=O)OCO2. The molecule has 3 aromatic carbocycles. The van der Waals surface area contributed by atoms with E-state index >= 15 is 0 Å². The molecule has 0 atom stereocenters. The summed E-state index contributed by atoms with van der Waals surface area (Å²) in [4.78, 5) is 17.7. The highest BCUT2D eigenvalue weighted by Gasteiger charge is 2.31. The van der Waals surface area contributed by atoms with E-state index in [1.165, 1.54) is 18.3 Å². The Labute approximate surface area is 185 Å². The summed E-state index contributed by atoms with van der Waals surface area (Å²) >= 11 is 0. The minimum Gasteiger partial charge on any atom is -0.454 e. The van der Waals surface area contributed by atoms with E-state index in [2.05, 4.69) is 10.1 Å². The van der Waals surface area contributed by atoms with E-state index < -0.39 is 17.3 Å². The average Bonchev–Trinajstić information content (AvgIpc) is 3.25. The van der Waals surface area contributed by atoms with Crippen LogP contribution in [0, 0.1) is 6.92 Å². The van der Waals surface area contributed by atoms with Crippen molar-refractivity contribution in [2.45, 2.75) is 13.1 Å². The second kappa shape index (κ2) is 7.77. The molecule has 0 saturated carbocycles. The van der Waals surface area contributed by atoms with Gasteiger partial charge in [-0.2, -0.15) is 22.9 Å². The highest BCUT2D eigenvalue weighted by atomic mass is 19.4. The number of aromatic nitrogens is 2. The molecule has 0 N–H and O–H groups in total. The molecule has 0 amide bonds. The van der Waals surface area contributed by atoms with Crippen LogP contribution in [0.2, 0.25) is 0 Å². The monoisotopic (exact) mass is 451 g/mol. The fraction of sp³-hybridized carbons (Fsp3) is 0.125. The van der Waals surface area contributed by atoms with E-state index in [0.717, 1.165) is 22.4 Å². The second-order valence-electron chi connectivity index (χ2n) is 7.45. The summed E-state index contributed by atoms with van der Waals surface area (Å²) < 4.78 is 51.7. The number of nitrogens with zero attached hydrogens (tertiary/aromatic N) is 3. The molecule has 33 heavy (non-hydrogen) atoms. The van der Waals surface area contributed by atoms with Crippen LogP contribution in [0.25, 0.3) is 22.3 Å². The predicted molar refractivity (Wildman–Crippen MR) is 117 cm³/mol. The van der Waals surface area contributed by atoms with Crippen molar-refractivity contribution < 1.29 is 22.6 Å². The van der Waals surface area contributed by atoms with Gasteiger partial charge in [-0.1, -0.05) is 24.3 Å².